The third-order valence-corrected chi connectivity index (χ3v) is 5.42. The predicted octanol–water partition coefficient (Wildman–Crippen LogP) is 4.40. The van der Waals surface area contributed by atoms with Crippen molar-refractivity contribution in [2.24, 2.45) is 0 Å². The van der Waals surface area contributed by atoms with Crippen molar-refractivity contribution in [1.82, 2.24) is 9.47 Å². The number of hydrogen-bond donors (Lipinski definition) is 0. The van der Waals surface area contributed by atoms with E-state index < -0.39 is 0 Å². The van der Waals surface area contributed by atoms with Gasteiger partial charge in [-0.05, 0) is 48.9 Å². The van der Waals surface area contributed by atoms with E-state index in [1.807, 2.05) is 76.5 Å². The number of anilines is 1. The summed E-state index contributed by atoms with van der Waals surface area (Å²) in [4.78, 5) is 17.2. The number of nitrogens with zero attached hydrogens (tertiary/aromatic N) is 3. The summed E-state index contributed by atoms with van der Waals surface area (Å²) < 4.78 is 2.04. The summed E-state index contributed by atoms with van der Waals surface area (Å²) in [6.45, 7) is 5.01. The topological polar surface area (TPSA) is 28.5 Å². The predicted molar refractivity (Wildman–Crippen MR) is 110 cm³/mol. The number of aryl methyl sites for hydroxylation is 1. The monoisotopic (exact) mass is 379 g/mol. The molecule has 5 heteroatoms. The van der Waals surface area contributed by atoms with Crippen molar-refractivity contribution in [2.75, 3.05) is 31.1 Å². The van der Waals surface area contributed by atoms with E-state index in [-0.39, 0.29) is 5.91 Å². The molecule has 0 N–H and O–H groups in total. The lowest BCUT2D eigenvalue weighted by Gasteiger charge is -2.36. The van der Waals surface area contributed by atoms with Gasteiger partial charge in [0.15, 0.2) is 0 Å². The molecule has 1 aromatic heterocycles. The van der Waals surface area contributed by atoms with Crippen molar-refractivity contribution in [2.45, 2.75) is 6.92 Å². The fourth-order valence-corrected chi connectivity index (χ4v) is 3.81. The fraction of sp³-hybridized carbons (Fsp3) is 0.227. The summed E-state index contributed by atoms with van der Waals surface area (Å²) in [6, 6.07) is 17.8. The van der Waals surface area contributed by atoms with E-state index in [2.05, 4.69) is 11.8 Å². The van der Waals surface area contributed by atoms with Crippen LogP contribution in [0.5, 0.6) is 0 Å². The quantitative estimate of drug-likeness (QED) is 0.674. The Morgan fingerprint density at radius 3 is 2.30 bits per heavy atom. The van der Waals surface area contributed by atoms with Crippen molar-refractivity contribution in [3.63, 3.8) is 0 Å². The molecule has 0 radical (unpaired) electrons. The standard InChI is InChI=1S/C22H22ClN3O/c1-17-8-9-18(16-21(17)24-10-4-5-11-24)22(27)26-14-12-25(13-15-26)20-7-3-2-6-19(20)23/h2-11,16H,12-15H2,1H3. The molecule has 0 atom stereocenters. The summed E-state index contributed by atoms with van der Waals surface area (Å²) in [7, 11) is 0. The Bertz CT molecular complexity index is 944. The number of amides is 1. The molecule has 1 aliphatic rings. The number of aromatic nitrogens is 1. The second-order valence-electron chi connectivity index (χ2n) is 6.82. The summed E-state index contributed by atoms with van der Waals surface area (Å²) in [5.74, 6) is 0.0854. The zero-order valence-corrected chi connectivity index (χ0v) is 16.1. The lowest BCUT2D eigenvalue weighted by atomic mass is 10.1. The smallest absolute Gasteiger partial charge is 0.254 e. The highest BCUT2D eigenvalue weighted by atomic mass is 35.5. The largest absolute Gasteiger partial charge is 0.367 e. The number of carbonyl (C=O) groups excluding carboxylic acids is 1. The van der Waals surface area contributed by atoms with Crippen molar-refractivity contribution < 1.29 is 4.79 Å². The number of para-hydroxylation sites is 1. The molecule has 0 unspecified atom stereocenters. The molecule has 1 aliphatic heterocycles. The first kappa shape index (κ1) is 17.7. The van der Waals surface area contributed by atoms with Crippen LogP contribution in [0.25, 0.3) is 5.69 Å². The summed E-state index contributed by atoms with van der Waals surface area (Å²) in [6.07, 6.45) is 4.00. The lowest BCUT2D eigenvalue weighted by Crippen LogP contribution is -2.48. The minimum absolute atomic E-state index is 0.0854. The Kier molecular flexibility index (Phi) is 4.90. The van der Waals surface area contributed by atoms with E-state index >= 15 is 0 Å². The Morgan fingerprint density at radius 2 is 1.59 bits per heavy atom. The van der Waals surface area contributed by atoms with Crippen LogP contribution in [0.2, 0.25) is 5.02 Å². The Morgan fingerprint density at radius 1 is 0.889 bits per heavy atom. The van der Waals surface area contributed by atoms with Gasteiger partial charge in [-0.15, -0.1) is 0 Å². The highest BCUT2D eigenvalue weighted by molar-refractivity contribution is 6.33. The molecule has 4 rings (SSSR count). The molecule has 0 spiro atoms. The number of piperazine rings is 1. The fourth-order valence-electron chi connectivity index (χ4n) is 3.56. The van der Waals surface area contributed by atoms with Gasteiger partial charge < -0.3 is 14.4 Å². The molecule has 1 amide bonds. The molecule has 2 aromatic carbocycles. The van der Waals surface area contributed by atoms with Crippen LogP contribution < -0.4 is 4.90 Å². The van der Waals surface area contributed by atoms with Crippen LogP contribution in [-0.4, -0.2) is 41.6 Å². The minimum Gasteiger partial charge on any atom is -0.367 e. The first-order chi connectivity index (χ1) is 13.1. The Balaban J connectivity index is 1.49. The molecule has 1 saturated heterocycles. The van der Waals surface area contributed by atoms with E-state index in [0.717, 1.165) is 40.6 Å². The number of carbonyl (C=O) groups is 1. The van der Waals surface area contributed by atoms with Crippen LogP contribution >= 0.6 is 11.6 Å². The molecular weight excluding hydrogens is 358 g/mol. The first-order valence-electron chi connectivity index (χ1n) is 9.16. The number of benzene rings is 2. The van der Waals surface area contributed by atoms with Crippen molar-refractivity contribution in [1.29, 1.82) is 0 Å². The average molecular weight is 380 g/mol. The van der Waals surface area contributed by atoms with E-state index in [1.54, 1.807) is 0 Å². The van der Waals surface area contributed by atoms with Crippen molar-refractivity contribution in [3.8, 4) is 5.69 Å². The third kappa shape index (κ3) is 3.58. The third-order valence-electron chi connectivity index (χ3n) is 5.10. The normalized spacial score (nSPS) is 14.4. The van der Waals surface area contributed by atoms with Crippen LogP contribution in [0.4, 0.5) is 5.69 Å². The van der Waals surface area contributed by atoms with Gasteiger partial charge in [0.1, 0.15) is 0 Å². The summed E-state index contributed by atoms with van der Waals surface area (Å²) >= 11 is 6.31. The van der Waals surface area contributed by atoms with Gasteiger partial charge in [-0.25, -0.2) is 0 Å². The van der Waals surface area contributed by atoms with Crippen LogP contribution in [0, 0.1) is 6.92 Å². The van der Waals surface area contributed by atoms with Gasteiger partial charge in [-0.3, -0.25) is 4.79 Å². The van der Waals surface area contributed by atoms with Crippen LogP contribution in [0.3, 0.4) is 0 Å². The molecule has 138 valence electrons. The molecule has 0 saturated carbocycles. The highest BCUT2D eigenvalue weighted by Crippen LogP contribution is 2.26. The maximum atomic E-state index is 13.0. The summed E-state index contributed by atoms with van der Waals surface area (Å²) in [5.41, 5.74) is 3.96. The molecule has 0 aliphatic carbocycles. The van der Waals surface area contributed by atoms with Crippen molar-refractivity contribution >= 4 is 23.2 Å². The molecular formula is C22H22ClN3O. The average Bonchev–Trinajstić information content (AvgIpc) is 3.23. The number of rotatable bonds is 3. The molecule has 27 heavy (non-hydrogen) atoms. The molecule has 1 fully saturated rings. The van der Waals surface area contributed by atoms with Gasteiger partial charge in [-0.2, -0.15) is 0 Å². The first-order valence-corrected chi connectivity index (χ1v) is 9.54. The molecule has 3 aromatic rings. The Hall–Kier alpha value is -2.72. The molecule has 4 nitrogen and oxygen atoms in total. The maximum Gasteiger partial charge on any atom is 0.254 e. The van der Waals surface area contributed by atoms with Crippen LogP contribution in [0.1, 0.15) is 15.9 Å². The van der Waals surface area contributed by atoms with Crippen molar-refractivity contribution in [3.05, 3.63) is 83.1 Å². The zero-order chi connectivity index (χ0) is 18.8. The zero-order valence-electron chi connectivity index (χ0n) is 15.3. The van der Waals surface area contributed by atoms with E-state index in [4.69, 9.17) is 11.6 Å². The second-order valence-corrected chi connectivity index (χ2v) is 7.23. The van der Waals surface area contributed by atoms with Gasteiger partial charge in [0, 0.05) is 49.8 Å². The SMILES string of the molecule is Cc1ccc(C(=O)N2CCN(c3ccccc3Cl)CC2)cc1-n1cccc1. The van der Waals surface area contributed by atoms with E-state index in [9.17, 15) is 4.79 Å². The van der Waals surface area contributed by atoms with Gasteiger partial charge >= 0.3 is 0 Å². The van der Waals surface area contributed by atoms with Crippen LogP contribution in [-0.2, 0) is 0 Å². The number of hydrogen-bond acceptors (Lipinski definition) is 2. The molecule has 2 heterocycles. The van der Waals surface area contributed by atoms with Crippen LogP contribution in [0.15, 0.2) is 67.0 Å². The number of halogens is 1. The minimum atomic E-state index is 0.0854. The van der Waals surface area contributed by atoms with Gasteiger partial charge in [0.05, 0.1) is 10.7 Å². The molecule has 0 bridgehead atoms. The van der Waals surface area contributed by atoms with Gasteiger partial charge in [0.25, 0.3) is 5.91 Å². The maximum absolute atomic E-state index is 13.0. The second kappa shape index (κ2) is 7.49. The summed E-state index contributed by atoms with van der Waals surface area (Å²) in [5, 5.41) is 0.757. The van der Waals surface area contributed by atoms with E-state index in [0.29, 0.717) is 13.1 Å². The Labute approximate surface area is 164 Å². The van der Waals surface area contributed by atoms with E-state index in [1.165, 1.54) is 0 Å². The highest BCUT2D eigenvalue weighted by Gasteiger charge is 2.23. The van der Waals surface area contributed by atoms with Gasteiger partial charge in [-0.1, -0.05) is 29.8 Å². The lowest BCUT2D eigenvalue weighted by molar-refractivity contribution is 0.0747. The van der Waals surface area contributed by atoms with Gasteiger partial charge in [0.2, 0.25) is 0 Å².